The van der Waals surface area contributed by atoms with E-state index in [-0.39, 0.29) is 0 Å². The molecule has 2 aliphatic rings. The lowest BCUT2D eigenvalue weighted by Crippen LogP contribution is -2.42. The molecule has 1 radical (unpaired) electrons. The van der Waals surface area contributed by atoms with Crippen molar-refractivity contribution in [3.05, 3.63) is 30.3 Å². The maximum atomic E-state index is 4.80. The van der Waals surface area contributed by atoms with Crippen LogP contribution in [-0.2, 0) is 0 Å². The molecule has 0 unspecified atom stereocenters. The standard InChI is InChI=1S/C22H32N7/c1-29(19-13-15-23-16-14-19)22-27-20(24-17-9-5-2-3-6-10-17)26-21(28-22)25-18-11-7-4-8-12-18/h7-8,11-12,17,19,23H,2-3,5-6,9-10,13-16H2,1H3,(H2,24,25,26,27,28). The van der Waals surface area contributed by atoms with Crippen molar-refractivity contribution in [2.24, 2.45) is 0 Å². The summed E-state index contributed by atoms with van der Waals surface area (Å²) < 4.78 is 0. The van der Waals surface area contributed by atoms with Crippen LogP contribution in [0.2, 0.25) is 0 Å². The summed E-state index contributed by atoms with van der Waals surface area (Å²) in [5, 5.41) is 10.4. The second-order valence-electron chi connectivity index (χ2n) is 8.12. The summed E-state index contributed by atoms with van der Waals surface area (Å²) in [6.07, 6.45) is 9.78. The first-order valence-corrected chi connectivity index (χ1v) is 11.0. The predicted molar refractivity (Wildman–Crippen MR) is 118 cm³/mol. The molecule has 3 N–H and O–H groups in total. The van der Waals surface area contributed by atoms with E-state index in [1.165, 1.54) is 38.5 Å². The quantitative estimate of drug-likeness (QED) is 0.644. The molecular formula is C22H32N7. The fourth-order valence-electron chi connectivity index (χ4n) is 4.21. The van der Waals surface area contributed by atoms with E-state index in [0.717, 1.165) is 37.6 Å². The second-order valence-corrected chi connectivity index (χ2v) is 8.12. The lowest BCUT2D eigenvalue weighted by molar-refractivity contribution is 0.439. The van der Waals surface area contributed by atoms with Gasteiger partial charge in [0.1, 0.15) is 0 Å². The second kappa shape index (κ2) is 9.87. The van der Waals surface area contributed by atoms with Gasteiger partial charge in [0.15, 0.2) is 0 Å². The van der Waals surface area contributed by atoms with Gasteiger partial charge in [0.05, 0.1) is 0 Å². The maximum Gasteiger partial charge on any atom is 0.233 e. The molecule has 2 fully saturated rings. The molecule has 1 aliphatic heterocycles. The highest BCUT2D eigenvalue weighted by atomic mass is 15.3. The molecule has 0 amide bonds. The zero-order valence-electron chi connectivity index (χ0n) is 17.3. The number of aromatic nitrogens is 3. The van der Waals surface area contributed by atoms with Crippen LogP contribution in [0, 0.1) is 6.07 Å². The number of rotatable bonds is 6. The summed E-state index contributed by atoms with van der Waals surface area (Å²) >= 11 is 0. The molecule has 1 aliphatic carbocycles. The lowest BCUT2D eigenvalue weighted by atomic mass is 10.1. The highest BCUT2D eigenvalue weighted by Crippen LogP contribution is 2.24. The van der Waals surface area contributed by atoms with Crippen molar-refractivity contribution < 1.29 is 0 Å². The Hall–Kier alpha value is -2.41. The SMILES string of the molecule is CN(c1nc(Nc2cc[c]cc2)nc(NC2CCCCCC2)n1)C1CCNCC1. The zero-order chi connectivity index (χ0) is 19.9. The molecule has 1 aromatic carbocycles. The number of anilines is 4. The van der Waals surface area contributed by atoms with Crippen molar-refractivity contribution in [3.63, 3.8) is 0 Å². The Morgan fingerprint density at radius 1 is 0.931 bits per heavy atom. The van der Waals surface area contributed by atoms with Gasteiger partial charge in [-0.15, -0.1) is 0 Å². The van der Waals surface area contributed by atoms with E-state index in [2.05, 4.69) is 38.9 Å². The third kappa shape index (κ3) is 5.56. The first kappa shape index (κ1) is 19.9. The van der Waals surface area contributed by atoms with Crippen molar-refractivity contribution in [3.8, 4) is 0 Å². The minimum absolute atomic E-state index is 0.441. The van der Waals surface area contributed by atoms with Gasteiger partial charge in [-0.2, -0.15) is 15.0 Å². The van der Waals surface area contributed by atoms with Crippen LogP contribution in [0.5, 0.6) is 0 Å². The normalized spacial score (nSPS) is 18.8. The average Bonchev–Trinajstić information content (AvgIpc) is 3.03. The van der Waals surface area contributed by atoms with Gasteiger partial charge in [-0.05, 0) is 57.0 Å². The number of piperidine rings is 1. The van der Waals surface area contributed by atoms with Gasteiger partial charge in [-0.25, -0.2) is 0 Å². The first-order valence-electron chi connectivity index (χ1n) is 11.0. The van der Waals surface area contributed by atoms with E-state index in [1.807, 2.05) is 24.3 Å². The molecule has 2 aromatic rings. The van der Waals surface area contributed by atoms with Crippen molar-refractivity contribution in [2.45, 2.75) is 63.5 Å². The molecule has 0 atom stereocenters. The average molecular weight is 395 g/mol. The topological polar surface area (TPSA) is 78.0 Å². The number of benzene rings is 1. The van der Waals surface area contributed by atoms with E-state index in [1.54, 1.807) is 0 Å². The molecule has 29 heavy (non-hydrogen) atoms. The fraction of sp³-hybridized carbons (Fsp3) is 0.591. The number of nitrogens with zero attached hydrogens (tertiary/aromatic N) is 4. The van der Waals surface area contributed by atoms with E-state index in [4.69, 9.17) is 9.97 Å². The third-order valence-corrected chi connectivity index (χ3v) is 5.96. The smallest absolute Gasteiger partial charge is 0.233 e. The Bertz CT molecular complexity index is 753. The van der Waals surface area contributed by atoms with Crippen LogP contribution in [-0.4, -0.2) is 47.2 Å². The molecule has 155 valence electrons. The maximum absolute atomic E-state index is 4.80. The molecular weight excluding hydrogens is 362 g/mol. The van der Waals surface area contributed by atoms with Gasteiger partial charge in [0.25, 0.3) is 0 Å². The van der Waals surface area contributed by atoms with Crippen LogP contribution in [0.4, 0.5) is 23.5 Å². The molecule has 4 rings (SSSR count). The largest absolute Gasteiger partial charge is 0.351 e. The van der Waals surface area contributed by atoms with Crippen LogP contribution in [0.15, 0.2) is 24.3 Å². The van der Waals surface area contributed by atoms with Crippen molar-refractivity contribution >= 4 is 23.5 Å². The van der Waals surface area contributed by atoms with Crippen LogP contribution in [0.1, 0.15) is 51.4 Å². The van der Waals surface area contributed by atoms with Crippen molar-refractivity contribution in [1.82, 2.24) is 20.3 Å². The molecule has 7 nitrogen and oxygen atoms in total. The Morgan fingerprint density at radius 3 is 2.34 bits per heavy atom. The Balaban J connectivity index is 1.57. The summed E-state index contributed by atoms with van der Waals surface area (Å²) in [7, 11) is 2.10. The monoisotopic (exact) mass is 394 g/mol. The fourth-order valence-corrected chi connectivity index (χ4v) is 4.21. The van der Waals surface area contributed by atoms with Gasteiger partial charge >= 0.3 is 0 Å². The molecule has 1 saturated heterocycles. The summed E-state index contributed by atoms with van der Waals surface area (Å²) in [4.78, 5) is 16.4. The van der Waals surface area contributed by atoms with Gasteiger partial charge in [-0.1, -0.05) is 37.8 Å². The Kier molecular flexibility index (Phi) is 6.77. The van der Waals surface area contributed by atoms with E-state index in [0.29, 0.717) is 24.0 Å². The van der Waals surface area contributed by atoms with Gasteiger partial charge in [0.2, 0.25) is 17.8 Å². The van der Waals surface area contributed by atoms with Gasteiger partial charge in [-0.3, -0.25) is 0 Å². The molecule has 0 spiro atoms. The van der Waals surface area contributed by atoms with E-state index in [9.17, 15) is 0 Å². The van der Waals surface area contributed by atoms with Crippen LogP contribution in [0.3, 0.4) is 0 Å². The van der Waals surface area contributed by atoms with E-state index < -0.39 is 0 Å². The Labute approximate surface area is 173 Å². The summed E-state index contributed by atoms with van der Waals surface area (Å²) in [5.74, 6) is 1.98. The van der Waals surface area contributed by atoms with Crippen LogP contribution in [0.25, 0.3) is 0 Å². The summed E-state index contributed by atoms with van der Waals surface area (Å²) in [5.41, 5.74) is 0.950. The number of hydrogen-bond donors (Lipinski definition) is 3. The highest BCUT2D eigenvalue weighted by Gasteiger charge is 2.22. The third-order valence-electron chi connectivity index (χ3n) is 5.96. The number of hydrogen-bond acceptors (Lipinski definition) is 7. The first-order chi connectivity index (χ1) is 14.3. The summed E-state index contributed by atoms with van der Waals surface area (Å²) in [6.45, 7) is 2.08. The van der Waals surface area contributed by atoms with Crippen LogP contribution >= 0.6 is 0 Å². The molecule has 7 heteroatoms. The zero-order valence-corrected chi connectivity index (χ0v) is 17.3. The van der Waals surface area contributed by atoms with Crippen LogP contribution < -0.4 is 20.9 Å². The van der Waals surface area contributed by atoms with Crippen molar-refractivity contribution in [1.29, 1.82) is 0 Å². The minimum atomic E-state index is 0.441. The molecule has 0 bridgehead atoms. The predicted octanol–water partition coefficient (Wildman–Crippen LogP) is 3.74. The highest BCUT2D eigenvalue weighted by molar-refractivity contribution is 5.55. The molecule has 2 heterocycles. The number of nitrogens with one attached hydrogen (secondary N) is 3. The van der Waals surface area contributed by atoms with Crippen molar-refractivity contribution in [2.75, 3.05) is 35.7 Å². The lowest BCUT2D eigenvalue weighted by Gasteiger charge is -2.32. The molecule has 1 saturated carbocycles. The Morgan fingerprint density at radius 2 is 1.62 bits per heavy atom. The molecule has 1 aromatic heterocycles. The van der Waals surface area contributed by atoms with E-state index >= 15 is 0 Å². The minimum Gasteiger partial charge on any atom is -0.351 e. The summed E-state index contributed by atoms with van der Waals surface area (Å²) in [6, 6.07) is 11.6. The van der Waals surface area contributed by atoms with Gasteiger partial charge in [0, 0.05) is 24.8 Å². The van der Waals surface area contributed by atoms with Gasteiger partial charge < -0.3 is 20.9 Å².